The van der Waals surface area contributed by atoms with E-state index >= 15 is 0 Å². The van der Waals surface area contributed by atoms with Crippen molar-refractivity contribution >= 4 is 11.9 Å². The van der Waals surface area contributed by atoms with Crippen LogP contribution in [0.4, 0.5) is 0 Å². The summed E-state index contributed by atoms with van der Waals surface area (Å²) in [6, 6.07) is 36.3. The van der Waals surface area contributed by atoms with E-state index < -0.39 is 0 Å². The Bertz CT molecular complexity index is 1580. The predicted molar refractivity (Wildman–Crippen MR) is 183 cm³/mol. The maximum atomic E-state index is 12.0. The number of unbranched alkanes of at least 4 members (excludes halogenated alkanes) is 1. The molecule has 0 aliphatic heterocycles. The molecule has 1 atom stereocenters. The first-order chi connectivity index (χ1) is 23.0. The van der Waals surface area contributed by atoms with Crippen LogP contribution < -0.4 is 0 Å². The molecule has 0 saturated carbocycles. The van der Waals surface area contributed by atoms with Gasteiger partial charge in [0, 0.05) is 19.5 Å². The molecule has 0 aliphatic rings. The molecule has 0 bridgehead atoms. The topological polar surface area (TPSA) is 88.9 Å². The van der Waals surface area contributed by atoms with Crippen molar-refractivity contribution in [2.24, 2.45) is 0 Å². The number of methoxy groups -OCH3 is 1. The number of carbonyl (C=O) groups excluding carboxylic acids is 2. The van der Waals surface area contributed by atoms with Crippen LogP contribution in [0.2, 0.25) is 0 Å². The molecule has 0 amide bonds. The Balaban J connectivity index is 1.47. The Kier molecular flexibility index (Phi) is 14.2. The van der Waals surface area contributed by atoms with Gasteiger partial charge < -0.3 is 14.2 Å². The quantitative estimate of drug-likeness (QED) is 0.0823. The number of hydrogen-bond donors (Lipinski definition) is 0. The first kappa shape index (κ1) is 35.1. The largest absolute Gasteiger partial charge is 0.466 e. The first-order valence-electron chi connectivity index (χ1n) is 16.3. The smallest absolute Gasteiger partial charge is 0.337 e. The Morgan fingerprint density at radius 3 is 2.17 bits per heavy atom. The molecule has 47 heavy (non-hydrogen) atoms. The Labute approximate surface area is 278 Å². The first-order valence-corrected chi connectivity index (χ1v) is 16.3. The van der Waals surface area contributed by atoms with Crippen LogP contribution in [0.1, 0.15) is 76.0 Å². The molecule has 0 fully saturated rings. The lowest BCUT2D eigenvalue weighted by molar-refractivity contribution is -0.143. The van der Waals surface area contributed by atoms with E-state index in [0.29, 0.717) is 50.3 Å². The third-order valence-corrected chi connectivity index (χ3v) is 8.02. The number of ether oxygens (including phenoxy) is 3. The fraction of sp³-hybridized carbons (Fsp3) is 0.325. The number of nitrogens with zero attached hydrogens (tertiary/aromatic N) is 2. The second-order valence-electron chi connectivity index (χ2n) is 11.5. The minimum atomic E-state index is -0.373. The van der Waals surface area contributed by atoms with Crippen molar-refractivity contribution in [3.8, 4) is 6.07 Å². The van der Waals surface area contributed by atoms with Gasteiger partial charge >= 0.3 is 11.9 Å². The lowest BCUT2D eigenvalue weighted by Crippen LogP contribution is -2.30. The van der Waals surface area contributed by atoms with Crippen molar-refractivity contribution in [3.05, 3.63) is 142 Å². The number of hydrogen-bond acceptors (Lipinski definition) is 7. The molecule has 7 heteroatoms. The van der Waals surface area contributed by atoms with Crippen molar-refractivity contribution in [3.63, 3.8) is 0 Å². The summed E-state index contributed by atoms with van der Waals surface area (Å²) >= 11 is 0. The zero-order valence-corrected chi connectivity index (χ0v) is 27.4. The van der Waals surface area contributed by atoms with Gasteiger partial charge in [0.15, 0.2) is 0 Å². The molecular formula is C40H44N2O5. The minimum absolute atomic E-state index is 0.182. The van der Waals surface area contributed by atoms with Gasteiger partial charge in [-0.2, -0.15) is 5.26 Å². The molecule has 0 saturated heterocycles. The van der Waals surface area contributed by atoms with Crippen LogP contribution in [-0.4, -0.2) is 43.6 Å². The van der Waals surface area contributed by atoms with E-state index in [0.717, 1.165) is 42.5 Å². The van der Waals surface area contributed by atoms with Gasteiger partial charge in [0.05, 0.1) is 43.6 Å². The van der Waals surface area contributed by atoms with Crippen molar-refractivity contribution in [1.82, 2.24) is 4.90 Å². The van der Waals surface area contributed by atoms with Crippen LogP contribution in [0.15, 0.2) is 103 Å². The highest BCUT2D eigenvalue weighted by molar-refractivity contribution is 5.89. The van der Waals surface area contributed by atoms with Gasteiger partial charge in [0.2, 0.25) is 0 Å². The average molecular weight is 633 g/mol. The van der Waals surface area contributed by atoms with Crippen molar-refractivity contribution < 1.29 is 23.8 Å². The Morgan fingerprint density at radius 1 is 0.809 bits per heavy atom. The summed E-state index contributed by atoms with van der Waals surface area (Å²) in [6.07, 6.45) is 3.55. The zero-order valence-electron chi connectivity index (χ0n) is 27.4. The molecule has 1 unspecified atom stereocenters. The van der Waals surface area contributed by atoms with Gasteiger partial charge in [-0.15, -0.1) is 0 Å². The lowest BCUT2D eigenvalue weighted by atomic mass is 10.0. The maximum absolute atomic E-state index is 12.0. The van der Waals surface area contributed by atoms with E-state index in [9.17, 15) is 14.9 Å². The molecule has 4 rings (SSSR count). The van der Waals surface area contributed by atoms with Gasteiger partial charge in [0.25, 0.3) is 0 Å². The van der Waals surface area contributed by atoms with E-state index in [4.69, 9.17) is 14.2 Å². The van der Waals surface area contributed by atoms with E-state index in [2.05, 4.69) is 59.5 Å². The van der Waals surface area contributed by atoms with Gasteiger partial charge in [-0.1, -0.05) is 78.9 Å². The Morgan fingerprint density at radius 2 is 1.49 bits per heavy atom. The number of nitriles is 1. The molecule has 0 spiro atoms. The summed E-state index contributed by atoms with van der Waals surface area (Å²) < 4.78 is 16.6. The highest BCUT2D eigenvalue weighted by Crippen LogP contribution is 2.24. The third-order valence-electron chi connectivity index (χ3n) is 8.02. The van der Waals surface area contributed by atoms with Crippen molar-refractivity contribution in [2.75, 3.05) is 26.8 Å². The maximum Gasteiger partial charge on any atom is 0.337 e. The van der Waals surface area contributed by atoms with E-state index in [-0.39, 0.29) is 18.0 Å². The van der Waals surface area contributed by atoms with Gasteiger partial charge in [-0.25, -0.2) is 4.79 Å². The van der Waals surface area contributed by atoms with Crippen LogP contribution in [-0.2, 0) is 45.0 Å². The fourth-order valence-electron chi connectivity index (χ4n) is 5.42. The number of esters is 2. The van der Waals surface area contributed by atoms with E-state index in [1.165, 1.54) is 18.2 Å². The second kappa shape index (κ2) is 19.0. The fourth-order valence-corrected chi connectivity index (χ4v) is 5.42. The van der Waals surface area contributed by atoms with E-state index in [1.807, 2.05) is 43.3 Å². The predicted octanol–water partition coefficient (Wildman–Crippen LogP) is 7.62. The van der Waals surface area contributed by atoms with Crippen molar-refractivity contribution in [1.29, 1.82) is 5.26 Å². The second-order valence-corrected chi connectivity index (χ2v) is 11.5. The molecule has 0 radical (unpaired) electrons. The minimum Gasteiger partial charge on any atom is -0.466 e. The van der Waals surface area contributed by atoms with Crippen LogP contribution in [0.25, 0.3) is 0 Å². The summed E-state index contributed by atoms with van der Waals surface area (Å²) in [4.78, 5) is 26.2. The van der Waals surface area contributed by atoms with Crippen LogP contribution in [0.5, 0.6) is 0 Å². The normalized spacial score (nSPS) is 11.5. The SMILES string of the molecule is CCOC(=O)CCCCN(Cc1ccc(C(=O)OC)cc1)CC(OCc1ccc(CCc2ccccc2)cc1)c1cccc(C#N)c1. The number of carbonyl (C=O) groups is 2. The molecule has 0 aliphatic carbocycles. The molecule has 4 aromatic carbocycles. The third kappa shape index (κ3) is 11.8. The Hall–Kier alpha value is -4.77. The molecule has 0 aromatic heterocycles. The summed E-state index contributed by atoms with van der Waals surface area (Å²) in [6.45, 7) is 4.53. The summed E-state index contributed by atoms with van der Waals surface area (Å²) in [5.41, 5.74) is 6.74. The molecule has 7 nitrogen and oxygen atoms in total. The van der Waals surface area contributed by atoms with Gasteiger partial charge in [-0.3, -0.25) is 9.69 Å². The highest BCUT2D eigenvalue weighted by atomic mass is 16.5. The standard InChI is InChI=1S/C40H44N2O5/c1-3-46-39(43)14-7-8-25-42(28-33-21-23-36(24-22-33)40(44)45-2)29-38(37-13-9-12-35(26-37)27-41)47-30-34-19-17-32(18-20-34)16-15-31-10-5-4-6-11-31/h4-6,9-13,17-24,26,38H,3,7-8,14-16,25,28-30H2,1-2H3. The number of aryl methyl sites for hydroxylation is 2. The van der Waals surface area contributed by atoms with Crippen LogP contribution >= 0.6 is 0 Å². The molecule has 4 aromatic rings. The lowest BCUT2D eigenvalue weighted by Gasteiger charge is -2.28. The number of benzene rings is 4. The number of rotatable bonds is 18. The van der Waals surface area contributed by atoms with Gasteiger partial charge in [0.1, 0.15) is 0 Å². The van der Waals surface area contributed by atoms with Crippen molar-refractivity contribution in [2.45, 2.75) is 58.3 Å². The summed E-state index contributed by atoms with van der Waals surface area (Å²) in [5, 5.41) is 9.60. The van der Waals surface area contributed by atoms with Crippen LogP contribution in [0.3, 0.4) is 0 Å². The molecule has 244 valence electrons. The van der Waals surface area contributed by atoms with Gasteiger partial charge in [-0.05, 0) is 91.2 Å². The monoisotopic (exact) mass is 632 g/mol. The molecular weight excluding hydrogens is 588 g/mol. The average Bonchev–Trinajstić information content (AvgIpc) is 3.11. The highest BCUT2D eigenvalue weighted by Gasteiger charge is 2.19. The molecule has 0 heterocycles. The summed E-state index contributed by atoms with van der Waals surface area (Å²) in [7, 11) is 1.37. The van der Waals surface area contributed by atoms with E-state index in [1.54, 1.807) is 18.2 Å². The van der Waals surface area contributed by atoms with Crippen LogP contribution in [0, 0.1) is 11.3 Å². The zero-order chi connectivity index (χ0) is 33.3. The molecule has 0 N–H and O–H groups in total. The summed E-state index contributed by atoms with van der Waals surface area (Å²) in [5.74, 6) is -0.555.